The summed E-state index contributed by atoms with van der Waals surface area (Å²) in [6, 6.07) is 5.66. The summed E-state index contributed by atoms with van der Waals surface area (Å²) in [6.45, 7) is 1.32. The molecule has 2 amide bonds. The quantitative estimate of drug-likeness (QED) is 0.321. The lowest BCUT2D eigenvalue weighted by Crippen LogP contribution is -2.49. The second kappa shape index (κ2) is 8.26. The highest BCUT2D eigenvalue weighted by atomic mass is 32.2. The predicted molar refractivity (Wildman–Crippen MR) is 100 cm³/mol. The maximum absolute atomic E-state index is 12.6. The molecule has 1 saturated heterocycles. The van der Waals surface area contributed by atoms with Gasteiger partial charge in [0, 0.05) is 43.0 Å². The van der Waals surface area contributed by atoms with Gasteiger partial charge in [0.05, 0.1) is 11.0 Å². The lowest BCUT2D eigenvalue weighted by Gasteiger charge is -2.35. The number of nitro groups is 1. The van der Waals surface area contributed by atoms with Crippen molar-refractivity contribution >= 4 is 35.2 Å². The number of carbonyl (C=O) groups is 3. The third-order valence-electron chi connectivity index (χ3n) is 4.25. The fourth-order valence-corrected chi connectivity index (χ4v) is 3.80. The number of hydrogen-bond donors (Lipinski definition) is 1. The lowest BCUT2D eigenvalue weighted by molar-refractivity contribution is -0.384. The van der Waals surface area contributed by atoms with Crippen molar-refractivity contribution in [3.8, 4) is 0 Å². The fraction of sp³-hybridized carbons (Fsp3) is 0.278. The number of nitrogens with zero attached hydrogens (tertiary/aromatic N) is 2. The van der Waals surface area contributed by atoms with Crippen LogP contribution in [-0.2, 0) is 25.7 Å². The Labute approximate surface area is 164 Å². The number of nitro benzene ring substituents is 1. The molecular weight excluding hydrogens is 386 g/mol. The standard InChI is InChI=1S/C18H17N3O6S/c1-11(22)19-6-7-28-15-8-14-9-16(23)20(14)17(15)18(24)27-10-12-2-4-13(5-3-12)21(25)26/h2-7,14H,8-10H2,1H3,(H,19,22)/b7-6-. The van der Waals surface area contributed by atoms with Crippen molar-refractivity contribution in [2.75, 3.05) is 0 Å². The molecule has 10 heteroatoms. The first-order chi connectivity index (χ1) is 13.4. The third kappa shape index (κ3) is 4.22. The summed E-state index contributed by atoms with van der Waals surface area (Å²) in [5.74, 6) is -0.961. The number of hydrogen-bond acceptors (Lipinski definition) is 7. The van der Waals surface area contributed by atoms with E-state index >= 15 is 0 Å². The van der Waals surface area contributed by atoms with E-state index in [1.807, 2.05) is 0 Å². The number of fused-ring (bicyclic) bond motifs is 1. The van der Waals surface area contributed by atoms with Crippen LogP contribution in [0.15, 0.2) is 46.5 Å². The third-order valence-corrected chi connectivity index (χ3v) is 5.16. The zero-order chi connectivity index (χ0) is 20.3. The molecule has 1 N–H and O–H groups in total. The van der Waals surface area contributed by atoms with E-state index in [9.17, 15) is 24.5 Å². The normalized spacial score (nSPS) is 18.1. The van der Waals surface area contributed by atoms with Gasteiger partial charge in [0.15, 0.2) is 0 Å². The van der Waals surface area contributed by atoms with Gasteiger partial charge in [-0.3, -0.25) is 19.7 Å². The number of esters is 1. The summed E-state index contributed by atoms with van der Waals surface area (Å²) in [4.78, 5) is 47.7. The Kier molecular flexibility index (Phi) is 5.78. The molecule has 1 unspecified atom stereocenters. The molecule has 1 aromatic carbocycles. The fourth-order valence-electron chi connectivity index (χ4n) is 2.91. The molecule has 2 heterocycles. The molecule has 1 fully saturated rings. The van der Waals surface area contributed by atoms with E-state index in [1.54, 1.807) is 5.41 Å². The number of benzene rings is 1. The Hall–Kier alpha value is -3.14. The first kappa shape index (κ1) is 19.6. The number of ether oxygens (including phenoxy) is 1. The zero-order valence-corrected chi connectivity index (χ0v) is 15.7. The molecule has 146 valence electrons. The van der Waals surface area contributed by atoms with E-state index in [2.05, 4.69) is 5.32 Å². The van der Waals surface area contributed by atoms with Crippen molar-refractivity contribution in [1.29, 1.82) is 0 Å². The van der Waals surface area contributed by atoms with Crippen LogP contribution in [0.5, 0.6) is 0 Å². The van der Waals surface area contributed by atoms with Crippen molar-refractivity contribution in [1.82, 2.24) is 10.2 Å². The van der Waals surface area contributed by atoms with Crippen LogP contribution >= 0.6 is 11.8 Å². The van der Waals surface area contributed by atoms with Crippen molar-refractivity contribution in [2.24, 2.45) is 0 Å². The van der Waals surface area contributed by atoms with Crippen LogP contribution < -0.4 is 5.32 Å². The Morgan fingerprint density at radius 2 is 2.07 bits per heavy atom. The van der Waals surface area contributed by atoms with Gasteiger partial charge in [-0.2, -0.15) is 0 Å². The Morgan fingerprint density at radius 1 is 1.36 bits per heavy atom. The molecule has 2 aliphatic rings. The lowest BCUT2D eigenvalue weighted by atomic mass is 10.0. The Balaban J connectivity index is 1.67. The van der Waals surface area contributed by atoms with Gasteiger partial charge in [0.2, 0.25) is 11.8 Å². The van der Waals surface area contributed by atoms with Crippen LogP contribution in [0.4, 0.5) is 5.69 Å². The minimum absolute atomic E-state index is 0.0360. The van der Waals surface area contributed by atoms with Crippen molar-refractivity contribution in [3.63, 3.8) is 0 Å². The molecule has 0 aliphatic carbocycles. The summed E-state index contributed by atoms with van der Waals surface area (Å²) in [6.07, 6.45) is 2.42. The SMILES string of the molecule is CC(=O)N/C=C\SC1=C(C(=O)OCc2ccc([N+](=O)[O-])cc2)N2C(=O)CC2C1. The summed E-state index contributed by atoms with van der Waals surface area (Å²) in [5, 5.41) is 14.8. The van der Waals surface area contributed by atoms with Crippen molar-refractivity contribution in [2.45, 2.75) is 32.4 Å². The van der Waals surface area contributed by atoms with E-state index in [-0.39, 0.29) is 35.8 Å². The van der Waals surface area contributed by atoms with E-state index < -0.39 is 10.9 Å². The maximum Gasteiger partial charge on any atom is 0.356 e. The van der Waals surface area contributed by atoms with Gasteiger partial charge in [-0.25, -0.2) is 4.79 Å². The summed E-state index contributed by atoms with van der Waals surface area (Å²) in [7, 11) is 0. The number of thioether (sulfide) groups is 1. The molecule has 0 radical (unpaired) electrons. The van der Waals surface area contributed by atoms with Gasteiger partial charge in [-0.15, -0.1) is 0 Å². The molecular formula is C18H17N3O6S. The van der Waals surface area contributed by atoms with Gasteiger partial charge in [-0.05, 0) is 23.1 Å². The first-order valence-electron chi connectivity index (χ1n) is 8.41. The topological polar surface area (TPSA) is 119 Å². The van der Waals surface area contributed by atoms with Crippen LogP contribution in [0.1, 0.15) is 25.3 Å². The molecule has 1 aromatic rings. The Morgan fingerprint density at radius 3 is 2.68 bits per heavy atom. The summed E-state index contributed by atoms with van der Waals surface area (Å²) < 4.78 is 5.32. The highest BCUT2D eigenvalue weighted by molar-refractivity contribution is 8.05. The molecule has 0 spiro atoms. The number of nitrogens with one attached hydrogen (secondary N) is 1. The van der Waals surface area contributed by atoms with Crippen LogP contribution in [0.3, 0.4) is 0 Å². The van der Waals surface area contributed by atoms with Crippen LogP contribution in [-0.4, -0.2) is 33.6 Å². The second-order valence-corrected chi connectivity index (χ2v) is 7.22. The molecule has 1 atom stereocenters. The number of non-ortho nitro benzene ring substituents is 1. The average Bonchev–Trinajstić information content (AvgIpc) is 2.95. The van der Waals surface area contributed by atoms with E-state index in [0.717, 1.165) is 0 Å². The highest BCUT2D eigenvalue weighted by Gasteiger charge is 2.47. The summed E-state index contributed by atoms with van der Waals surface area (Å²) in [5.41, 5.74) is 0.775. The molecule has 3 rings (SSSR count). The molecule has 2 aliphatic heterocycles. The number of rotatable bonds is 7. The number of amides is 2. The largest absolute Gasteiger partial charge is 0.456 e. The Bertz CT molecular complexity index is 893. The van der Waals surface area contributed by atoms with E-state index in [0.29, 0.717) is 23.3 Å². The summed E-state index contributed by atoms with van der Waals surface area (Å²) >= 11 is 1.25. The van der Waals surface area contributed by atoms with Gasteiger partial charge in [0.1, 0.15) is 12.3 Å². The molecule has 0 saturated carbocycles. The van der Waals surface area contributed by atoms with Crippen molar-refractivity contribution < 1.29 is 24.0 Å². The van der Waals surface area contributed by atoms with Gasteiger partial charge < -0.3 is 15.0 Å². The monoisotopic (exact) mass is 403 g/mol. The van der Waals surface area contributed by atoms with E-state index in [4.69, 9.17) is 4.74 Å². The van der Waals surface area contributed by atoms with Gasteiger partial charge >= 0.3 is 5.97 Å². The molecule has 0 aromatic heterocycles. The van der Waals surface area contributed by atoms with Gasteiger partial charge in [-0.1, -0.05) is 11.8 Å². The second-order valence-electron chi connectivity index (χ2n) is 6.22. The maximum atomic E-state index is 12.6. The smallest absolute Gasteiger partial charge is 0.356 e. The zero-order valence-electron chi connectivity index (χ0n) is 14.9. The van der Waals surface area contributed by atoms with E-state index in [1.165, 1.54) is 54.1 Å². The molecule has 0 bridgehead atoms. The minimum Gasteiger partial charge on any atom is -0.456 e. The number of β-lactam (4-membered cyclic amide) rings is 1. The molecule has 9 nitrogen and oxygen atoms in total. The average molecular weight is 403 g/mol. The first-order valence-corrected chi connectivity index (χ1v) is 9.29. The van der Waals surface area contributed by atoms with Gasteiger partial charge in [0.25, 0.3) is 5.69 Å². The predicted octanol–water partition coefficient (Wildman–Crippen LogP) is 2.19. The highest BCUT2D eigenvalue weighted by Crippen LogP contribution is 2.43. The van der Waals surface area contributed by atoms with Crippen LogP contribution in [0.25, 0.3) is 0 Å². The van der Waals surface area contributed by atoms with Crippen LogP contribution in [0, 0.1) is 10.1 Å². The molecule has 28 heavy (non-hydrogen) atoms. The minimum atomic E-state index is -0.621. The number of carbonyl (C=O) groups excluding carboxylic acids is 3. The van der Waals surface area contributed by atoms with Crippen LogP contribution in [0.2, 0.25) is 0 Å². The van der Waals surface area contributed by atoms with Crippen molar-refractivity contribution in [3.05, 3.63) is 62.2 Å².